The molecule has 0 atom stereocenters. The van der Waals surface area contributed by atoms with Crippen LogP contribution in [0.2, 0.25) is 0 Å². The first-order chi connectivity index (χ1) is 12.1. The summed E-state index contributed by atoms with van der Waals surface area (Å²) in [6, 6.07) is 10.6. The summed E-state index contributed by atoms with van der Waals surface area (Å²) in [6.45, 7) is 0.610. The molecule has 0 aliphatic heterocycles. The van der Waals surface area contributed by atoms with Crippen LogP contribution >= 0.6 is 0 Å². The van der Waals surface area contributed by atoms with E-state index in [0.29, 0.717) is 6.61 Å². The number of unbranched alkanes of at least 4 members (excludes halogenated alkanes) is 2. The van der Waals surface area contributed by atoms with E-state index in [0.717, 1.165) is 42.7 Å². The average molecular weight is 338 g/mol. The molecule has 2 aromatic carbocycles. The minimum absolute atomic E-state index is 0.0598. The van der Waals surface area contributed by atoms with Crippen molar-refractivity contribution in [3.8, 4) is 23.8 Å². The van der Waals surface area contributed by atoms with Crippen LogP contribution < -0.4 is 4.74 Å². The van der Waals surface area contributed by atoms with Gasteiger partial charge in [0.05, 0.1) is 12.2 Å². The van der Waals surface area contributed by atoms with Crippen LogP contribution in [0, 0.1) is 18.2 Å². The van der Waals surface area contributed by atoms with Crippen molar-refractivity contribution < 1.29 is 19.0 Å². The van der Waals surface area contributed by atoms with Gasteiger partial charge in [0, 0.05) is 12.5 Å². The molecule has 3 nitrogen and oxygen atoms in total. The van der Waals surface area contributed by atoms with Gasteiger partial charge in [-0.05, 0) is 48.7 Å². The molecule has 0 aromatic heterocycles. The molecule has 0 aliphatic rings. The summed E-state index contributed by atoms with van der Waals surface area (Å²) >= 11 is 0. The summed E-state index contributed by atoms with van der Waals surface area (Å²) in [6.07, 6.45) is 10.8. The van der Waals surface area contributed by atoms with Crippen LogP contribution in [0.1, 0.15) is 35.2 Å². The number of benzene rings is 2. The number of terminal acetylenes is 1. The number of aromatic hydroxyl groups is 1. The maximum absolute atomic E-state index is 12.9. The Hall–Kier alpha value is -3.06. The fraction of sp³-hybridized carbons (Fsp3) is 0.190. The van der Waals surface area contributed by atoms with Gasteiger partial charge in [-0.3, -0.25) is 4.79 Å². The lowest BCUT2D eigenvalue weighted by Gasteiger charge is -2.05. The van der Waals surface area contributed by atoms with E-state index in [2.05, 4.69) is 5.92 Å². The molecule has 0 saturated carbocycles. The number of ether oxygens (including phenoxy) is 1. The maximum atomic E-state index is 12.9. The third kappa shape index (κ3) is 5.82. The average Bonchev–Trinajstić information content (AvgIpc) is 2.60. The van der Waals surface area contributed by atoms with Crippen LogP contribution in [0.4, 0.5) is 4.39 Å². The molecule has 1 N–H and O–H groups in total. The highest BCUT2D eigenvalue weighted by molar-refractivity contribution is 6.08. The van der Waals surface area contributed by atoms with E-state index >= 15 is 0 Å². The molecular formula is C21H19FO3. The molecule has 0 bridgehead atoms. The van der Waals surface area contributed by atoms with Crippen LogP contribution in [0.5, 0.6) is 11.5 Å². The lowest BCUT2D eigenvalue weighted by atomic mass is 10.1. The molecule has 0 heterocycles. The molecule has 0 spiro atoms. The molecule has 0 fully saturated rings. The van der Waals surface area contributed by atoms with Crippen molar-refractivity contribution in [2.24, 2.45) is 0 Å². The molecule has 128 valence electrons. The summed E-state index contributed by atoms with van der Waals surface area (Å²) in [5.74, 6) is 1.98. The quantitative estimate of drug-likeness (QED) is 0.331. The fourth-order valence-corrected chi connectivity index (χ4v) is 2.17. The van der Waals surface area contributed by atoms with Crippen molar-refractivity contribution in [3.05, 3.63) is 65.5 Å². The summed E-state index contributed by atoms with van der Waals surface area (Å²) < 4.78 is 18.5. The van der Waals surface area contributed by atoms with Crippen LogP contribution in [0.15, 0.2) is 48.5 Å². The lowest BCUT2D eigenvalue weighted by molar-refractivity contribution is 0.104. The van der Waals surface area contributed by atoms with Crippen molar-refractivity contribution in [2.45, 2.75) is 19.3 Å². The molecule has 0 aliphatic carbocycles. The van der Waals surface area contributed by atoms with Crippen LogP contribution in [0.25, 0.3) is 6.08 Å². The Labute approximate surface area is 146 Å². The SMILES string of the molecule is C#CCCCCOc1ccc(C=CC(=O)c2ccc(F)cc2O)cc1. The minimum atomic E-state index is -0.590. The number of ketones is 1. The van der Waals surface area contributed by atoms with Crippen LogP contribution in [-0.4, -0.2) is 17.5 Å². The number of phenolic OH excluding ortho intramolecular Hbond substituents is 1. The number of allylic oxidation sites excluding steroid dienone is 1. The highest BCUT2D eigenvalue weighted by Gasteiger charge is 2.08. The molecule has 0 amide bonds. The van der Waals surface area contributed by atoms with Crippen molar-refractivity contribution in [3.63, 3.8) is 0 Å². The van der Waals surface area contributed by atoms with E-state index in [1.54, 1.807) is 6.08 Å². The number of carbonyl (C=O) groups is 1. The molecule has 25 heavy (non-hydrogen) atoms. The van der Waals surface area contributed by atoms with Gasteiger partial charge in [0.25, 0.3) is 0 Å². The Morgan fingerprint density at radius 1 is 1.20 bits per heavy atom. The zero-order chi connectivity index (χ0) is 18.1. The first-order valence-electron chi connectivity index (χ1n) is 7.97. The van der Waals surface area contributed by atoms with Gasteiger partial charge in [0.1, 0.15) is 17.3 Å². The predicted octanol–water partition coefficient (Wildman–Crippen LogP) is 4.61. The summed E-state index contributed by atoms with van der Waals surface area (Å²) in [5, 5.41) is 9.61. The molecule has 2 rings (SSSR count). The molecule has 0 saturated heterocycles. The van der Waals surface area contributed by atoms with Gasteiger partial charge in [-0.15, -0.1) is 12.3 Å². The standard InChI is InChI=1S/C21H19FO3/c1-2-3-4-5-14-25-18-10-6-16(7-11-18)8-13-20(23)19-12-9-17(22)15-21(19)24/h1,6-13,15,24H,3-5,14H2. The van der Waals surface area contributed by atoms with Crippen molar-refractivity contribution >= 4 is 11.9 Å². The van der Waals surface area contributed by atoms with Gasteiger partial charge < -0.3 is 9.84 Å². The molecule has 2 aromatic rings. The van der Waals surface area contributed by atoms with Crippen molar-refractivity contribution in [1.29, 1.82) is 0 Å². The van der Waals surface area contributed by atoms with E-state index < -0.39 is 11.6 Å². The molecular weight excluding hydrogens is 319 g/mol. The van der Waals surface area contributed by atoms with Gasteiger partial charge >= 0.3 is 0 Å². The largest absolute Gasteiger partial charge is 0.507 e. The monoisotopic (exact) mass is 338 g/mol. The summed E-state index contributed by atoms with van der Waals surface area (Å²) in [7, 11) is 0. The number of carbonyl (C=O) groups excluding carboxylic acids is 1. The second-order valence-electron chi connectivity index (χ2n) is 5.44. The van der Waals surface area contributed by atoms with Crippen molar-refractivity contribution in [2.75, 3.05) is 6.61 Å². The summed E-state index contributed by atoms with van der Waals surface area (Å²) in [5.41, 5.74) is 0.874. The number of halogens is 1. The second-order valence-corrected chi connectivity index (χ2v) is 5.44. The Morgan fingerprint density at radius 3 is 2.64 bits per heavy atom. The highest BCUT2D eigenvalue weighted by Crippen LogP contribution is 2.20. The smallest absolute Gasteiger partial charge is 0.189 e. The van der Waals surface area contributed by atoms with Gasteiger partial charge in [0.15, 0.2) is 5.78 Å². The predicted molar refractivity (Wildman–Crippen MR) is 96.1 cm³/mol. The van der Waals surface area contributed by atoms with Gasteiger partial charge in [-0.25, -0.2) is 4.39 Å². The zero-order valence-corrected chi connectivity index (χ0v) is 13.7. The molecule has 0 radical (unpaired) electrons. The van der Waals surface area contributed by atoms with E-state index in [4.69, 9.17) is 11.2 Å². The first-order valence-corrected chi connectivity index (χ1v) is 7.97. The number of hydrogen-bond donors (Lipinski definition) is 1. The topological polar surface area (TPSA) is 46.5 Å². The van der Waals surface area contributed by atoms with Gasteiger partial charge in [-0.2, -0.15) is 0 Å². The third-order valence-corrected chi connectivity index (χ3v) is 3.52. The first kappa shape index (κ1) is 18.3. The maximum Gasteiger partial charge on any atom is 0.189 e. The van der Waals surface area contributed by atoms with Crippen LogP contribution in [0.3, 0.4) is 0 Å². The van der Waals surface area contributed by atoms with Crippen LogP contribution in [-0.2, 0) is 0 Å². The van der Waals surface area contributed by atoms with E-state index in [1.807, 2.05) is 24.3 Å². The van der Waals surface area contributed by atoms with Crippen molar-refractivity contribution in [1.82, 2.24) is 0 Å². The Bertz CT molecular complexity index is 786. The second kappa shape index (κ2) is 9.29. The number of phenols is 1. The van der Waals surface area contributed by atoms with Gasteiger partial charge in [-0.1, -0.05) is 18.2 Å². The molecule has 4 heteroatoms. The lowest BCUT2D eigenvalue weighted by Crippen LogP contribution is -1.97. The van der Waals surface area contributed by atoms with Gasteiger partial charge in [0.2, 0.25) is 0 Å². The number of rotatable bonds is 8. The molecule has 0 unspecified atom stereocenters. The fourth-order valence-electron chi connectivity index (χ4n) is 2.17. The zero-order valence-electron chi connectivity index (χ0n) is 13.7. The van der Waals surface area contributed by atoms with E-state index in [9.17, 15) is 14.3 Å². The van der Waals surface area contributed by atoms with E-state index in [-0.39, 0.29) is 11.3 Å². The Balaban J connectivity index is 1.90. The number of hydrogen-bond acceptors (Lipinski definition) is 3. The highest BCUT2D eigenvalue weighted by atomic mass is 19.1. The Morgan fingerprint density at radius 2 is 1.96 bits per heavy atom. The summed E-state index contributed by atoms with van der Waals surface area (Å²) in [4.78, 5) is 12.0. The third-order valence-electron chi connectivity index (χ3n) is 3.52. The minimum Gasteiger partial charge on any atom is -0.507 e. The van der Waals surface area contributed by atoms with E-state index in [1.165, 1.54) is 12.1 Å². The Kier molecular flexibility index (Phi) is 6.79. The normalized spacial score (nSPS) is 10.6.